The van der Waals surface area contributed by atoms with Gasteiger partial charge in [-0.25, -0.2) is 0 Å². The maximum Gasteiger partial charge on any atom is 0.194 e. The Labute approximate surface area is 94.3 Å². The van der Waals surface area contributed by atoms with Gasteiger partial charge in [-0.05, 0) is 32.8 Å². The van der Waals surface area contributed by atoms with Crippen molar-refractivity contribution < 1.29 is 9.53 Å². The SMILES string of the molecule is Cc1cc(C(=O)C2=COCCC2)c(C)nn1. The minimum absolute atomic E-state index is 0.00944. The third kappa shape index (κ3) is 2.10. The van der Waals surface area contributed by atoms with E-state index < -0.39 is 0 Å². The Morgan fingerprint density at radius 3 is 2.88 bits per heavy atom. The Kier molecular flexibility index (Phi) is 2.99. The zero-order valence-corrected chi connectivity index (χ0v) is 9.49. The van der Waals surface area contributed by atoms with Gasteiger partial charge in [-0.3, -0.25) is 4.79 Å². The molecule has 1 aromatic rings. The van der Waals surface area contributed by atoms with Crippen molar-refractivity contribution in [1.82, 2.24) is 10.2 Å². The third-order valence-electron chi connectivity index (χ3n) is 2.57. The quantitative estimate of drug-likeness (QED) is 0.712. The third-order valence-corrected chi connectivity index (χ3v) is 2.57. The molecule has 0 saturated carbocycles. The first-order valence-electron chi connectivity index (χ1n) is 5.35. The van der Waals surface area contributed by atoms with Gasteiger partial charge >= 0.3 is 0 Å². The van der Waals surface area contributed by atoms with Gasteiger partial charge in [0.25, 0.3) is 0 Å². The molecule has 4 nitrogen and oxygen atoms in total. The van der Waals surface area contributed by atoms with E-state index in [4.69, 9.17) is 4.74 Å². The van der Waals surface area contributed by atoms with E-state index >= 15 is 0 Å². The van der Waals surface area contributed by atoms with Crippen LogP contribution in [0.5, 0.6) is 0 Å². The Morgan fingerprint density at radius 2 is 2.19 bits per heavy atom. The molecule has 4 heteroatoms. The van der Waals surface area contributed by atoms with E-state index in [1.807, 2.05) is 6.92 Å². The second kappa shape index (κ2) is 4.43. The van der Waals surface area contributed by atoms with Crippen LogP contribution in [-0.2, 0) is 4.74 Å². The van der Waals surface area contributed by atoms with Gasteiger partial charge in [-0.2, -0.15) is 10.2 Å². The van der Waals surface area contributed by atoms with Crippen LogP contribution < -0.4 is 0 Å². The number of carbonyl (C=O) groups excluding carboxylic acids is 1. The van der Waals surface area contributed by atoms with Crippen LogP contribution in [0.25, 0.3) is 0 Å². The molecule has 1 aliphatic rings. The first kappa shape index (κ1) is 10.8. The predicted octanol–water partition coefficient (Wildman–Crippen LogP) is 1.97. The second-order valence-electron chi connectivity index (χ2n) is 3.93. The van der Waals surface area contributed by atoms with E-state index in [0.717, 1.165) is 24.1 Å². The fourth-order valence-electron chi connectivity index (χ4n) is 1.68. The van der Waals surface area contributed by atoms with Gasteiger partial charge in [0.05, 0.1) is 24.3 Å². The maximum absolute atomic E-state index is 12.2. The highest BCUT2D eigenvalue weighted by Crippen LogP contribution is 2.18. The molecular weight excluding hydrogens is 204 g/mol. The fourth-order valence-corrected chi connectivity index (χ4v) is 1.68. The van der Waals surface area contributed by atoms with E-state index in [2.05, 4.69) is 10.2 Å². The van der Waals surface area contributed by atoms with Crippen LogP contribution in [0.4, 0.5) is 0 Å². The summed E-state index contributed by atoms with van der Waals surface area (Å²) in [6, 6.07) is 1.78. The number of carbonyl (C=O) groups is 1. The van der Waals surface area contributed by atoms with Crippen LogP contribution in [0.15, 0.2) is 17.9 Å². The molecule has 0 N–H and O–H groups in total. The number of hydrogen-bond donors (Lipinski definition) is 0. The molecule has 0 bridgehead atoms. The largest absolute Gasteiger partial charge is 0.501 e. The Hall–Kier alpha value is -1.71. The van der Waals surface area contributed by atoms with Crippen LogP contribution >= 0.6 is 0 Å². The topological polar surface area (TPSA) is 52.1 Å². The number of ketones is 1. The number of aromatic nitrogens is 2. The molecule has 1 aromatic heterocycles. The molecule has 0 saturated heterocycles. The molecule has 0 amide bonds. The van der Waals surface area contributed by atoms with E-state index in [9.17, 15) is 4.79 Å². The molecule has 0 unspecified atom stereocenters. The summed E-state index contributed by atoms with van der Waals surface area (Å²) >= 11 is 0. The van der Waals surface area contributed by atoms with Gasteiger partial charge in [0.15, 0.2) is 5.78 Å². The highest BCUT2D eigenvalue weighted by molar-refractivity contribution is 6.09. The van der Waals surface area contributed by atoms with E-state index in [1.54, 1.807) is 19.3 Å². The molecule has 0 atom stereocenters. The Morgan fingerprint density at radius 1 is 1.38 bits per heavy atom. The molecule has 0 radical (unpaired) electrons. The average molecular weight is 218 g/mol. The zero-order valence-electron chi connectivity index (χ0n) is 9.49. The lowest BCUT2D eigenvalue weighted by atomic mass is 9.99. The summed E-state index contributed by atoms with van der Waals surface area (Å²) in [5.74, 6) is 0.00944. The normalized spacial score (nSPS) is 15.2. The van der Waals surface area contributed by atoms with Gasteiger partial charge in [0, 0.05) is 11.1 Å². The minimum Gasteiger partial charge on any atom is -0.501 e. The van der Waals surface area contributed by atoms with Crippen molar-refractivity contribution in [1.29, 1.82) is 0 Å². The molecular formula is C12H14N2O2. The summed E-state index contributed by atoms with van der Waals surface area (Å²) in [6.07, 6.45) is 3.24. The Balaban J connectivity index is 2.33. The number of allylic oxidation sites excluding steroid dienone is 1. The molecule has 84 valence electrons. The summed E-state index contributed by atoms with van der Waals surface area (Å²) < 4.78 is 5.18. The average Bonchev–Trinajstić information content (AvgIpc) is 2.32. The van der Waals surface area contributed by atoms with Crippen molar-refractivity contribution in [2.75, 3.05) is 6.61 Å². The lowest BCUT2D eigenvalue weighted by Crippen LogP contribution is -2.12. The highest BCUT2D eigenvalue weighted by atomic mass is 16.5. The molecule has 0 aliphatic carbocycles. The predicted molar refractivity (Wildman–Crippen MR) is 59.1 cm³/mol. The number of hydrogen-bond acceptors (Lipinski definition) is 4. The van der Waals surface area contributed by atoms with Crippen molar-refractivity contribution in [3.63, 3.8) is 0 Å². The van der Waals surface area contributed by atoms with Gasteiger partial charge in [-0.1, -0.05) is 0 Å². The number of Topliss-reactive ketones (excluding diaryl/α,β-unsaturated/α-hetero) is 1. The first-order valence-corrected chi connectivity index (χ1v) is 5.35. The lowest BCUT2D eigenvalue weighted by Gasteiger charge is -2.13. The van der Waals surface area contributed by atoms with Crippen LogP contribution in [0.1, 0.15) is 34.6 Å². The van der Waals surface area contributed by atoms with Crippen LogP contribution in [0.3, 0.4) is 0 Å². The molecule has 2 heterocycles. The second-order valence-corrected chi connectivity index (χ2v) is 3.93. The van der Waals surface area contributed by atoms with Crippen molar-refractivity contribution in [2.24, 2.45) is 0 Å². The Bertz CT molecular complexity index is 452. The van der Waals surface area contributed by atoms with E-state index in [0.29, 0.717) is 17.9 Å². The van der Waals surface area contributed by atoms with Crippen molar-refractivity contribution in [3.8, 4) is 0 Å². The molecule has 0 aromatic carbocycles. The van der Waals surface area contributed by atoms with Gasteiger partial charge in [0.2, 0.25) is 0 Å². The first-order chi connectivity index (χ1) is 7.68. The number of rotatable bonds is 2. The van der Waals surface area contributed by atoms with E-state index in [-0.39, 0.29) is 5.78 Å². The number of nitrogens with zero attached hydrogens (tertiary/aromatic N) is 2. The number of aryl methyl sites for hydroxylation is 2. The molecule has 16 heavy (non-hydrogen) atoms. The van der Waals surface area contributed by atoms with Crippen molar-refractivity contribution >= 4 is 5.78 Å². The molecule has 0 spiro atoms. The summed E-state index contributed by atoms with van der Waals surface area (Å²) in [6.45, 7) is 4.32. The van der Waals surface area contributed by atoms with Crippen molar-refractivity contribution in [3.05, 3.63) is 34.9 Å². The van der Waals surface area contributed by atoms with Crippen molar-refractivity contribution in [2.45, 2.75) is 26.7 Å². The molecule has 0 fully saturated rings. The van der Waals surface area contributed by atoms with Gasteiger partial charge in [-0.15, -0.1) is 0 Å². The standard InChI is InChI=1S/C12H14N2O2/c1-8-6-11(9(2)14-13-8)12(15)10-4-3-5-16-7-10/h6-7H,3-5H2,1-2H3. The lowest BCUT2D eigenvalue weighted by molar-refractivity contribution is 0.101. The smallest absolute Gasteiger partial charge is 0.194 e. The molecule has 2 rings (SSSR count). The van der Waals surface area contributed by atoms with Crippen LogP contribution in [0, 0.1) is 13.8 Å². The van der Waals surface area contributed by atoms with E-state index in [1.165, 1.54) is 0 Å². The minimum atomic E-state index is 0.00944. The summed E-state index contributed by atoms with van der Waals surface area (Å²) in [5, 5.41) is 7.87. The fraction of sp³-hybridized carbons (Fsp3) is 0.417. The summed E-state index contributed by atoms with van der Waals surface area (Å²) in [7, 11) is 0. The highest BCUT2D eigenvalue weighted by Gasteiger charge is 2.18. The number of ether oxygens (including phenoxy) is 1. The van der Waals surface area contributed by atoms with Gasteiger partial charge < -0.3 is 4.74 Å². The van der Waals surface area contributed by atoms with Crippen LogP contribution in [0.2, 0.25) is 0 Å². The molecule has 1 aliphatic heterocycles. The van der Waals surface area contributed by atoms with Crippen LogP contribution in [-0.4, -0.2) is 22.6 Å². The monoisotopic (exact) mass is 218 g/mol. The van der Waals surface area contributed by atoms with Gasteiger partial charge in [0.1, 0.15) is 0 Å². The zero-order chi connectivity index (χ0) is 11.5. The summed E-state index contributed by atoms with van der Waals surface area (Å²) in [4.78, 5) is 12.2. The maximum atomic E-state index is 12.2. The summed E-state index contributed by atoms with van der Waals surface area (Å²) in [5.41, 5.74) is 2.78.